The van der Waals surface area contributed by atoms with Crippen LogP contribution in [0.25, 0.3) is 0 Å². The quantitative estimate of drug-likeness (QED) is 0.872. The third-order valence-electron chi connectivity index (χ3n) is 4.72. The van der Waals surface area contributed by atoms with E-state index in [0.717, 1.165) is 18.9 Å². The molecular weight excluding hydrogens is 296 g/mol. The minimum atomic E-state index is -0.738. The average molecular weight is 318 g/mol. The van der Waals surface area contributed by atoms with Crippen LogP contribution in [-0.4, -0.2) is 46.3 Å². The number of aromatic nitrogens is 2. The molecule has 1 aromatic rings. The lowest BCUT2D eigenvalue weighted by Crippen LogP contribution is -2.39. The molecule has 0 bridgehead atoms. The molecule has 0 atom stereocenters. The van der Waals surface area contributed by atoms with Crippen LogP contribution in [0.4, 0.5) is 5.82 Å². The number of aliphatic carboxylic acids is 1. The molecule has 0 spiro atoms. The number of hydrogen-bond donors (Lipinski definition) is 2. The van der Waals surface area contributed by atoms with Crippen LogP contribution in [0.2, 0.25) is 0 Å². The van der Waals surface area contributed by atoms with Crippen LogP contribution in [0.5, 0.6) is 0 Å². The standard InChI is InChI=1S/C16H22N4O3/c21-15(17-12-5-3-11(4-6-12)16(22)23)13-7-8-14(19-18-13)20-9-1-2-10-20/h7-8,11-12H,1-6,9-10H2,(H,17,21)(H,22,23). The summed E-state index contributed by atoms with van der Waals surface area (Å²) in [7, 11) is 0. The minimum absolute atomic E-state index is 0.0261. The summed E-state index contributed by atoms with van der Waals surface area (Å²) in [6.07, 6.45) is 4.95. The van der Waals surface area contributed by atoms with Crippen molar-refractivity contribution in [2.75, 3.05) is 18.0 Å². The Labute approximate surface area is 135 Å². The largest absolute Gasteiger partial charge is 0.481 e. The fraction of sp³-hybridized carbons (Fsp3) is 0.625. The van der Waals surface area contributed by atoms with Gasteiger partial charge in [0.2, 0.25) is 0 Å². The minimum Gasteiger partial charge on any atom is -0.481 e. The molecule has 2 N–H and O–H groups in total. The number of carboxylic acids is 1. The first-order valence-electron chi connectivity index (χ1n) is 8.26. The van der Waals surface area contributed by atoms with Crippen LogP contribution in [-0.2, 0) is 4.79 Å². The fourth-order valence-corrected chi connectivity index (χ4v) is 3.31. The van der Waals surface area contributed by atoms with E-state index < -0.39 is 5.97 Å². The van der Waals surface area contributed by atoms with Gasteiger partial charge >= 0.3 is 5.97 Å². The van der Waals surface area contributed by atoms with E-state index in [1.165, 1.54) is 12.8 Å². The van der Waals surface area contributed by atoms with E-state index in [-0.39, 0.29) is 17.9 Å². The summed E-state index contributed by atoms with van der Waals surface area (Å²) in [6.45, 7) is 1.99. The van der Waals surface area contributed by atoms with E-state index in [1.807, 2.05) is 6.07 Å². The number of carboxylic acid groups (broad SMARTS) is 1. The zero-order chi connectivity index (χ0) is 16.2. The number of carbonyl (C=O) groups is 2. The molecule has 124 valence electrons. The maximum atomic E-state index is 12.2. The molecule has 0 aromatic carbocycles. The molecule has 2 aliphatic rings. The molecule has 1 saturated carbocycles. The van der Waals surface area contributed by atoms with Gasteiger partial charge in [-0.25, -0.2) is 0 Å². The lowest BCUT2D eigenvalue weighted by molar-refractivity contribution is -0.142. The number of amides is 1. The first-order valence-corrected chi connectivity index (χ1v) is 8.26. The third-order valence-corrected chi connectivity index (χ3v) is 4.72. The first kappa shape index (κ1) is 15.7. The first-order chi connectivity index (χ1) is 11.1. The van der Waals surface area contributed by atoms with E-state index in [9.17, 15) is 9.59 Å². The highest BCUT2D eigenvalue weighted by molar-refractivity contribution is 5.92. The Balaban J connectivity index is 1.53. The number of hydrogen-bond acceptors (Lipinski definition) is 5. The van der Waals surface area contributed by atoms with Crippen molar-refractivity contribution in [3.63, 3.8) is 0 Å². The Morgan fingerprint density at radius 3 is 2.35 bits per heavy atom. The van der Waals surface area contributed by atoms with Crippen LogP contribution in [0.1, 0.15) is 49.0 Å². The van der Waals surface area contributed by atoms with Crippen LogP contribution in [0.3, 0.4) is 0 Å². The van der Waals surface area contributed by atoms with Crippen LogP contribution in [0, 0.1) is 5.92 Å². The molecule has 0 radical (unpaired) electrons. The van der Waals surface area contributed by atoms with Gasteiger partial charge in [0.1, 0.15) is 0 Å². The molecule has 2 heterocycles. The van der Waals surface area contributed by atoms with Crippen molar-refractivity contribution in [2.24, 2.45) is 5.92 Å². The van der Waals surface area contributed by atoms with Crippen molar-refractivity contribution in [2.45, 2.75) is 44.6 Å². The summed E-state index contributed by atoms with van der Waals surface area (Å²) in [5.74, 6) is -0.425. The molecule has 7 heteroatoms. The topological polar surface area (TPSA) is 95.4 Å². The monoisotopic (exact) mass is 318 g/mol. The number of rotatable bonds is 4. The molecular formula is C16H22N4O3. The van der Waals surface area contributed by atoms with E-state index in [0.29, 0.717) is 31.4 Å². The summed E-state index contributed by atoms with van der Waals surface area (Å²) in [4.78, 5) is 25.3. The van der Waals surface area contributed by atoms with Gasteiger partial charge in [-0.15, -0.1) is 10.2 Å². The summed E-state index contributed by atoms with van der Waals surface area (Å²) in [5, 5.41) is 20.1. The Hall–Kier alpha value is -2.18. The second-order valence-electron chi connectivity index (χ2n) is 6.33. The highest BCUT2D eigenvalue weighted by Crippen LogP contribution is 2.24. The van der Waals surface area contributed by atoms with Gasteiger partial charge in [-0.3, -0.25) is 9.59 Å². The lowest BCUT2D eigenvalue weighted by atomic mass is 9.86. The summed E-state index contributed by atoms with van der Waals surface area (Å²) in [5.41, 5.74) is 0.313. The zero-order valence-electron chi connectivity index (χ0n) is 13.1. The van der Waals surface area contributed by atoms with Crippen molar-refractivity contribution in [1.29, 1.82) is 0 Å². The highest BCUT2D eigenvalue weighted by atomic mass is 16.4. The molecule has 0 unspecified atom stereocenters. The summed E-state index contributed by atoms with van der Waals surface area (Å²) < 4.78 is 0. The zero-order valence-corrected chi connectivity index (χ0v) is 13.1. The molecule has 2 fully saturated rings. The molecule has 1 saturated heterocycles. The number of carbonyl (C=O) groups excluding carboxylic acids is 1. The van der Waals surface area contributed by atoms with Gasteiger partial charge in [0.05, 0.1) is 5.92 Å². The Morgan fingerprint density at radius 1 is 1.09 bits per heavy atom. The fourth-order valence-electron chi connectivity index (χ4n) is 3.31. The predicted octanol–water partition coefficient (Wildman–Crippen LogP) is 1.45. The highest BCUT2D eigenvalue weighted by Gasteiger charge is 2.27. The molecule has 1 aliphatic heterocycles. The van der Waals surface area contributed by atoms with Crippen molar-refractivity contribution < 1.29 is 14.7 Å². The van der Waals surface area contributed by atoms with Gasteiger partial charge in [-0.05, 0) is 50.7 Å². The molecule has 1 amide bonds. The summed E-state index contributed by atoms with van der Waals surface area (Å²) >= 11 is 0. The number of nitrogens with one attached hydrogen (secondary N) is 1. The normalized spacial score (nSPS) is 24.4. The average Bonchev–Trinajstić information content (AvgIpc) is 3.10. The molecule has 23 heavy (non-hydrogen) atoms. The van der Waals surface area contributed by atoms with E-state index in [4.69, 9.17) is 5.11 Å². The number of anilines is 1. The Bertz CT molecular complexity index is 561. The second-order valence-corrected chi connectivity index (χ2v) is 6.33. The summed E-state index contributed by atoms with van der Waals surface area (Å²) in [6, 6.07) is 3.58. The van der Waals surface area contributed by atoms with Gasteiger partial charge in [-0.1, -0.05) is 0 Å². The van der Waals surface area contributed by atoms with Crippen molar-refractivity contribution >= 4 is 17.7 Å². The Morgan fingerprint density at radius 2 is 1.78 bits per heavy atom. The maximum absolute atomic E-state index is 12.2. The molecule has 7 nitrogen and oxygen atoms in total. The van der Waals surface area contributed by atoms with Crippen molar-refractivity contribution in [3.05, 3.63) is 17.8 Å². The van der Waals surface area contributed by atoms with E-state index in [2.05, 4.69) is 20.4 Å². The van der Waals surface area contributed by atoms with Gasteiger partial charge in [0.25, 0.3) is 5.91 Å². The van der Waals surface area contributed by atoms with Crippen molar-refractivity contribution in [3.8, 4) is 0 Å². The van der Waals surface area contributed by atoms with Crippen LogP contribution >= 0.6 is 0 Å². The number of nitrogens with zero attached hydrogens (tertiary/aromatic N) is 3. The van der Waals surface area contributed by atoms with Gasteiger partial charge in [-0.2, -0.15) is 0 Å². The smallest absolute Gasteiger partial charge is 0.306 e. The third kappa shape index (κ3) is 3.78. The van der Waals surface area contributed by atoms with Crippen LogP contribution < -0.4 is 10.2 Å². The van der Waals surface area contributed by atoms with Crippen molar-refractivity contribution in [1.82, 2.24) is 15.5 Å². The maximum Gasteiger partial charge on any atom is 0.306 e. The van der Waals surface area contributed by atoms with Gasteiger partial charge in [0.15, 0.2) is 11.5 Å². The predicted molar refractivity (Wildman–Crippen MR) is 84.3 cm³/mol. The Kier molecular flexibility index (Phi) is 4.73. The molecule has 1 aliphatic carbocycles. The van der Waals surface area contributed by atoms with Gasteiger partial charge < -0.3 is 15.3 Å². The van der Waals surface area contributed by atoms with Crippen LogP contribution in [0.15, 0.2) is 12.1 Å². The second kappa shape index (κ2) is 6.93. The molecule has 1 aromatic heterocycles. The SMILES string of the molecule is O=C(NC1CCC(C(=O)O)CC1)c1ccc(N2CCCC2)nn1. The van der Waals surface area contributed by atoms with E-state index >= 15 is 0 Å². The van der Waals surface area contributed by atoms with E-state index in [1.54, 1.807) is 6.07 Å². The lowest BCUT2D eigenvalue weighted by Gasteiger charge is -2.26. The van der Waals surface area contributed by atoms with Gasteiger partial charge in [0, 0.05) is 19.1 Å². The molecule has 3 rings (SSSR count).